The lowest BCUT2D eigenvalue weighted by Crippen LogP contribution is -2.31. The van der Waals surface area contributed by atoms with Crippen LogP contribution in [0.5, 0.6) is 0 Å². The predicted octanol–water partition coefficient (Wildman–Crippen LogP) is 4.39. The van der Waals surface area contributed by atoms with E-state index in [-0.39, 0.29) is 0 Å². The van der Waals surface area contributed by atoms with Gasteiger partial charge in [0.1, 0.15) is 0 Å². The van der Waals surface area contributed by atoms with Gasteiger partial charge in [0, 0.05) is 62.8 Å². The van der Waals surface area contributed by atoms with Gasteiger partial charge in [-0.25, -0.2) is 4.98 Å². The minimum atomic E-state index is 0.964. The molecule has 3 aromatic rings. The summed E-state index contributed by atoms with van der Waals surface area (Å²) in [4.78, 5) is 17.1. The Morgan fingerprint density at radius 3 is 2.62 bits per heavy atom. The summed E-state index contributed by atoms with van der Waals surface area (Å²) in [5.74, 6) is 0. The van der Waals surface area contributed by atoms with Gasteiger partial charge < -0.3 is 9.80 Å². The number of piperidine rings is 1. The largest absolute Gasteiger partial charge is 0.368 e. The first kappa shape index (κ1) is 18.8. The van der Waals surface area contributed by atoms with Crippen LogP contribution < -0.4 is 9.80 Å². The molecule has 0 saturated carbocycles. The number of rotatable bonds is 4. The first-order valence-corrected chi connectivity index (χ1v) is 11.8. The third-order valence-corrected chi connectivity index (χ3v) is 7.04. The van der Waals surface area contributed by atoms with Crippen molar-refractivity contribution in [2.45, 2.75) is 32.2 Å². The van der Waals surface area contributed by atoms with Gasteiger partial charge in [0.25, 0.3) is 0 Å². The Morgan fingerprint density at radius 2 is 1.69 bits per heavy atom. The molecule has 0 N–H and O–H groups in total. The van der Waals surface area contributed by atoms with Crippen molar-refractivity contribution in [3.05, 3.63) is 47.6 Å². The molecular formula is C23H29N5S. The Bertz CT molecular complexity index is 944. The maximum atomic E-state index is 4.96. The molecule has 0 bridgehead atoms. The van der Waals surface area contributed by atoms with Crippen molar-refractivity contribution in [3.63, 3.8) is 0 Å². The molecule has 0 spiro atoms. The lowest BCUT2D eigenvalue weighted by molar-refractivity contribution is 0.282. The van der Waals surface area contributed by atoms with Crippen molar-refractivity contribution in [2.75, 3.05) is 49.1 Å². The minimum absolute atomic E-state index is 0.964. The van der Waals surface area contributed by atoms with Gasteiger partial charge in [0.2, 0.25) is 0 Å². The lowest BCUT2D eigenvalue weighted by Gasteiger charge is -2.26. The first-order chi connectivity index (χ1) is 14.4. The Hall–Kier alpha value is -2.18. The number of aromatic nitrogens is 2. The van der Waals surface area contributed by atoms with E-state index in [4.69, 9.17) is 4.98 Å². The molecule has 0 radical (unpaired) electrons. The van der Waals surface area contributed by atoms with E-state index in [1.165, 1.54) is 60.7 Å². The lowest BCUT2D eigenvalue weighted by atomic mass is 10.1. The smallest absolute Gasteiger partial charge is 0.185 e. The number of pyridine rings is 1. The van der Waals surface area contributed by atoms with Crippen molar-refractivity contribution in [3.8, 4) is 0 Å². The van der Waals surface area contributed by atoms with E-state index in [1.807, 2.05) is 23.6 Å². The van der Waals surface area contributed by atoms with E-state index in [9.17, 15) is 0 Å². The van der Waals surface area contributed by atoms with Crippen molar-refractivity contribution in [1.29, 1.82) is 0 Å². The van der Waals surface area contributed by atoms with Crippen LogP contribution in [0.4, 0.5) is 10.8 Å². The van der Waals surface area contributed by atoms with Crippen LogP contribution in [-0.4, -0.2) is 54.1 Å². The van der Waals surface area contributed by atoms with Crippen LogP contribution in [0, 0.1) is 0 Å². The van der Waals surface area contributed by atoms with E-state index >= 15 is 0 Å². The third-order valence-electron chi connectivity index (χ3n) is 6.09. The molecule has 0 unspecified atom stereocenters. The summed E-state index contributed by atoms with van der Waals surface area (Å²) in [5, 5.41) is 4.71. The van der Waals surface area contributed by atoms with E-state index in [1.54, 1.807) is 0 Å². The zero-order chi connectivity index (χ0) is 19.5. The first-order valence-electron chi connectivity index (χ1n) is 10.9. The molecule has 0 aliphatic carbocycles. The van der Waals surface area contributed by atoms with Crippen LogP contribution in [-0.2, 0) is 6.54 Å². The van der Waals surface area contributed by atoms with E-state index < -0.39 is 0 Å². The van der Waals surface area contributed by atoms with E-state index in [2.05, 4.69) is 49.3 Å². The minimum Gasteiger partial charge on any atom is -0.368 e. The zero-order valence-corrected chi connectivity index (χ0v) is 17.8. The van der Waals surface area contributed by atoms with Gasteiger partial charge in [-0.1, -0.05) is 18.2 Å². The Balaban J connectivity index is 1.24. The van der Waals surface area contributed by atoms with Crippen LogP contribution in [0.15, 0.2) is 41.9 Å². The molecule has 5 rings (SSSR count). The number of fused-ring (bicyclic) bond motifs is 1. The average molecular weight is 408 g/mol. The van der Waals surface area contributed by atoms with Gasteiger partial charge in [-0.2, -0.15) is 0 Å². The quantitative estimate of drug-likeness (QED) is 0.641. The summed E-state index contributed by atoms with van der Waals surface area (Å²) in [6, 6.07) is 10.7. The molecule has 2 aromatic heterocycles. The van der Waals surface area contributed by atoms with Gasteiger partial charge in [-0.05, 0) is 37.8 Å². The number of hydrogen-bond donors (Lipinski definition) is 0. The van der Waals surface area contributed by atoms with Gasteiger partial charge in [-0.3, -0.25) is 9.88 Å². The van der Waals surface area contributed by atoms with E-state index in [0.717, 1.165) is 38.2 Å². The summed E-state index contributed by atoms with van der Waals surface area (Å²) in [6.45, 7) is 7.63. The summed E-state index contributed by atoms with van der Waals surface area (Å²) in [6.07, 6.45) is 7.05. The van der Waals surface area contributed by atoms with Crippen molar-refractivity contribution < 1.29 is 0 Å². The molecule has 0 amide bonds. The van der Waals surface area contributed by atoms with Gasteiger partial charge >= 0.3 is 0 Å². The number of hydrogen-bond acceptors (Lipinski definition) is 6. The highest BCUT2D eigenvalue weighted by atomic mass is 32.1. The second-order valence-corrected chi connectivity index (χ2v) is 8.97. The summed E-state index contributed by atoms with van der Waals surface area (Å²) >= 11 is 1.82. The molecule has 5 nitrogen and oxygen atoms in total. The highest BCUT2D eigenvalue weighted by Crippen LogP contribution is 2.27. The standard InChI is InChI=1S/C23H29N5S/c1-2-12-28(13-3-1)23-25-20(18-29-23)17-26-11-6-14-27(16-15-26)21-9-4-7-19-8-5-10-24-22(19)21/h4-5,7-10,18H,1-3,6,11-17H2. The maximum Gasteiger partial charge on any atom is 0.185 e. The molecule has 2 aliphatic heterocycles. The maximum absolute atomic E-state index is 4.96. The van der Waals surface area contributed by atoms with Crippen LogP contribution in [0.3, 0.4) is 0 Å². The number of anilines is 2. The highest BCUT2D eigenvalue weighted by molar-refractivity contribution is 7.13. The normalized spacial score (nSPS) is 18.9. The molecular weight excluding hydrogens is 378 g/mol. The summed E-state index contributed by atoms with van der Waals surface area (Å²) in [5.41, 5.74) is 3.62. The highest BCUT2D eigenvalue weighted by Gasteiger charge is 2.19. The fraction of sp³-hybridized carbons (Fsp3) is 0.478. The number of nitrogens with zero attached hydrogens (tertiary/aromatic N) is 5. The third kappa shape index (κ3) is 4.23. The molecule has 2 aliphatic rings. The Labute approximate surface area is 177 Å². The fourth-order valence-corrected chi connectivity index (χ4v) is 5.41. The Morgan fingerprint density at radius 1 is 0.828 bits per heavy atom. The Kier molecular flexibility index (Phi) is 5.63. The molecule has 4 heterocycles. The zero-order valence-electron chi connectivity index (χ0n) is 17.0. The molecule has 29 heavy (non-hydrogen) atoms. The van der Waals surface area contributed by atoms with Gasteiger partial charge in [0.05, 0.1) is 16.9 Å². The van der Waals surface area contributed by atoms with Crippen LogP contribution in [0.25, 0.3) is 10.9 Å². The monoisotopic (exact) mass is 407 g/mol. The SMILES string of the molecule is c1cnc2c(N3CCCN(Cc4csc(N5CCCCC5)n4)CC3)cccc2c1. The second-order valence-electron chi connectivity index (χ2n) is 8.14. The van der Waals surface area contributed by atoms with Crippen LogP contribution >= 0.6 is 11.3 Å². The van der Waals surface area contributed by atoms with Crippen molar-refractivity contribution in [2.24, 2.45) is 0 Å². The molecule has 1 aromatic carbocycles. The predicted molar refractivity (Wildman–Crippen MR) is 122 cm³/mol. The van der Waals surface area contributed by atoms with Gasteiger partial charge in [-0.15, -0.1) is 11.3 Å². The fourth-order valence-electron chi connectivity index (χ4n) is 4.54. The van der Waals surface area contributed by atoms with Crippen LogP contribution in [0.1, 0.15) is 31.4 Å². The summed E-state index contributed by atoms with van der Waals surface area (Å²) < 4.78 is 0. The van der Waals surface area contributed by atoms with Crippen molar-refractivity contribution >= 4 is 33.1 Å². The van der Waals surface area contributed by atoms with Crippen molar-refractivity contribution in [1.82, 2.24) is 14.9 Å². The average Bonchev–Trinajstić information content (AvgIpc) is 3.12. The molecule has 2 saturated heterocycles. The van der Waals surface area contributed by atoms with Gasteiger partial charge in [0.15, 0.2) is 5.13 Å². The van der Waals surface area contributed by atoms with Crippen LogP contribution in [0.2, 0.25) is 0 Å². The number of benzene rings is 1. The number of thiazole rings is 1. The van der Waals surface area contributed by atoms with E-state index in [0.29, 0.717) is 0 Å². The molecule has 2 fully saturated rings. The molecule has 152 valence electrons. The molecule has 6 heteroatoms. The molecule has 0 atom stereocenters. The topological polar surface area (TPSA) is 35.5 Å². The summed E-state index contributed by atoms with van der Waals surface area (Å²) in [7, 11) is 0. The second kappa shape index (κ2) is 8.67. The number of para-hydroxylation sites is 1.